The van der Waals surface area contributed by atoms with Gasteiger partial charge in [0.25, 0.3) is 0 Å². The van der Waals surface area contributed by atoms with Crippen molar-refractivity contribution in [1.82, 2.24) is 15.3 Å². The van der Waals surface area contributed by atoms with Crippen LogP contribution in [-0.2, 0) is 0 Å². The number of carbonyl (C=O) groups excluding carboxylic acids is 1. The molecule has 0 bridgehead atoms. The van der Waals surface area contributed by atoms with Crippen molar-refractivity contribution in [2.24, 2.45) is 5.92 Å². The number of nitrogens with zero attached hydrogens (tertiary/aromatic N) is 3. The van der Waals surface area contributed by atoms with Crippen LogP contribution in [0, 0.1) is 5.92 Å². The first-order valence-corrected chi connectivity index (χ1v) is 14.2. The lowest BCUT2D eigenvalue weighted by Gasteiger charge is -2.31. The molecule has 1 saturated carbocycles. The van der Waals surface area contributed by atoms with Crippen LogP contribution in [0.5, 0.6) is 5.75 Å². The molecule has 210 valence electrons. The van der Waals surface area contributed by atoms with Crippen molar-refractivity contribution in [3.05, 3.63) is 70.5 Å². The Bertz CT molecular complexity index is 1630. The van der Waals surface area contributed by atoms with Crippen LogP contribution in [0.2, 0.25) is 10.0 Å². The average Bonchev–Trinajstić information content (AvgIpc) is 3.82. The number of halogens is 2. The maximum absolute atomic E-state index is 13.3. The van der Waals surface area contributed by atoms with Crippen molar-refractivity contribution in [1.29, 1.82) is 0 Å². The lowest BCUT2D eigenvalue weighted by molar-refractivity contribution is 0.0968. The van der Waals surface area contributed by atoms with Crippen LogP contribution in [0.1, 0.15) is 36.0 Å². The first kappa shape index (κ1) is 27.3. The van der Waals surface area contributed by atoms with Gasteiger partial charge in [0.15, 0.2) is 11.5 Å². The molecule has 1 aliphatic carbocycles. The van der Waals surface area contributed by atoms with Crippen molar-refractivity contribution in [3.63, 3.8) is 0 Å². The molecule has 2 fully saturated rings. The number of anilines is 3. The number of phenolic OH excluding ortho intramolecular Hbond substituents is 1. The molecule has 4 aromatic rings. The van der Waals surface area contributed by atoms with Gasteiger partial charge in [0.1, 0.15) is 5.82 Å². The summed E-state index contributed by atoms with van der Waals surface area (Å²) in [6.45, 7) is 1.44. The van der Waals surface area contributed by atoms with Crippen LogP contribution < -0.4 is 15.5 Å². The molecule has 41 heavy (non-hydrogen) atoms. The lowest BCUT2D eigenvalue weighted by atomic mass is 9.99. The highest BCUT2D eigenvalue weighted by atomic mass is 35.5. The van der Waals surface area contributed by atoms with E-state index in [0.717, 1.165) is 37.8 Å². The van der Waals surface area contributed by atoms with Gasteiger partial charge < -0.3 is 20.8 Å². The number of rotatable bonds is 7. The number of aromatic hydroxyl groups is 1. The van der Waals surface area contributed by atoms with E-state index < -0.39 is 6.09 Å². The number of benzene rings is 2. The van der Waals surface area contributed by atoms with Crippen LogP contribution in [0.25, 0.3) is 22.0 Å². The fourth-order valence-electron chi connectivity index (χ4n) is 5.23. The molecule has 11 heteroatoms. The number of amides is 1. The summed E-state index contributed by atoms with van der Waals surface area (Å²) in [5.41, 5.74) is 3.80. The predicted octanol–water partition coefficient (Wildman–Crippen LogP) is 6.88. The fourth-order valence-corrected chi connectivity index (χ4v) is 5.72. The van der Waals surface area contributed by atoms with E-state index >= 15 is 0 Å². The van der Waals surface area contributed by atoms with E-state index in [-0.39, 0.29) is 33.5 Å². The number of fused-ring (bicyclic) bond motifs is 1. The summed E-state index contributed by atoms with van der Waals surface area (Å²) in [4.78, 5) is 35.7. The Kier molecular flexibility index (Phi) is 7.42. The summed E-state index contributed by atoms with van der Waals surface area (Å²) in [5, 5.41) is 27.5. The molecular formula is C30H27Cl2N5O4. The smallest absolute Gasteiger partial charge is 0.413 e. The molecule has 1 saturated heterocycles. The van der Waals surface area contributed by atoms with Gasteiger partial charge in [0.2, 0.25) is 0 Å². The van der Waals surface area contributed by atoms with E-state index in [4.69, 9.17) is 23.2 Å². The molecule has 6 rings (SSSR count). The summed E-state index contributed by atoms with van der Waals surface area (Å²) in [7, 11) is 0. The number of hydrogen-bond acceptors (Lipinski definition) is 7. The summed E-state index contributed by atoms with van der Waals surface area (Å²) in [6.07, 6.45) is 5.47. The van der Waals surface area contributed by atoms with E-state index in [1.807, 2.05) is 18.2 Å². The Hall–Kier alpha value is -3.92. The third-order valence-corrected chi connectivity index (χ3v) is 8.11. The molecule has 2 aromatic carbocycles. The van der Waals surface area contributed by atoms with Gasteiger partial charge in [-0.1, -0.05) is 29.3 Å². The van der Waals surface area contributed by atoms with Crippen molar-refractivity contribution >= 4 is 63.2 Å². The second-order valence-electron chi connectivity index (χ2n) is 10.4. The lowest BCUT2D eigenvalue weighted by Crippen LogP contribution is -2.48. The van der Waals surface area contributed by atoms with E-state index in [1.165, 1.54) is 4.90 Å². The first-order chi connectivity index (χ1) is 19.8. The minimum Gasteiger partial charge on any atom is -0.505 e. The summed E-state index contributed by atoms with van der Waals surface area (Å²) in [5.74, 6) is 0.154. The van der Waals surface area contributed by atoms with Crippen LogP contribution in [0.4, 0.5) is 22.0 Å². The number of Topliss-reactive ketones (excluding diaryl/α,β-unsaturated/α-hetero) is 1. The third kappa shape index (κ3) is 5.53. The Balaban J connectivity index is 1.39. The molecule has 2 aromatic heterocycles. The Morgan fingerprint density at radius 2 is 1.76 bits per heavy atom. The minimum atomic E-state index is -1.05. The number of phenols is 1. The first-order valence-electron chi connectivity index (χ1n) is 13.4. The van der Waals surface area contributed by atoms with Crippen LogP contribution in [0.3, 0.4) is 0 Å². The minimum absolute atomic E-state index is 0.0226. The molecule has 1 atom stereocenters. The van der Waals surface area contributed by atoms with Crippen molar-refractivity contribution < 1.29 is 19.8 Å². The Morgan fingerprint density at radius 1 is 0.976 bits per heavy atom. The molecular weight excluding hydrogens is 565 g/mol. The topological polar surface area (TPSA) is 128 Å². The van der Waals surface area contributed by atoms with Crippen LogP contribution in [-0.4, -0.2) is 51.2 Å². The normalized spacial score (nSPS) is 16.9. The zero-order valence-electron chi connectivity index (χ0n) is 21.9. The number of carbonyl (C=O) groups is 2. The zero-order valence-corrected chi connectivity index (χ0v) is 23.4. The standard InChI is InChI=1S/C30H27Cl2N5O4/c31-23-11-18(12-24(32)29(23)39)17-5-7-25-21(10-17)27(22(15-34-25)28(38)16-3-4-16)36-19-6-8-26(35-13-19)37(30(40)41)20-2-1-9-33-14-20/h5-8,10-13,15-16,20,33,39H,1-4,9,14H2,(H,34,36)(H,40,41). The molecule has 4 N–H and O–H groups in total. The van der Waals surface area contributed by atoms with Crippen LogP contribution in [0.15, 0.2) is 54.9 Å². The van der Waals surface area contributed by atoms with Gasteiger partial charge >= 0.3 is 6.09 Å². The Labute approximate surface area is 246 Å². The highest BCUT2D eigenvalue weighted by Gasteiger charge is 2.33. The number of aromatic nitrogens is 2. The number of pyridine rings is 2. The van der Waals surface area contributed by atoms with Crippen molar-refractivity contribution in [3.8, 4) is 16.9 Å². The van der Waals surface area contributed by atoms with E-state index in [2.05, 4.69) is 20.6 Å². The summed E-state index contributed by atoms with van der Waals surface area (Å²) >= 11 is 12.4. The maximum Gasteiger partial charge on any atom is 0.413 e. The quantitative estimate of drug-likeness (QED) is 0.171. The Morgan fingerprint density at radius 3 is 2.39 bits per heavy atom. The predicted molar refractivity (Wildman–Crippen MR) is 160 cm³/mol. The molecule has 9 nitrogen and oxygen atoms in total. The fraction of sp³-hybridized carbons (Fsp3) is 0.267. The van der Waals surface area contributed by atoms with Gasteiger partial charge in [-0.3, -0.25) is 14.7 Å². The largest absolute Gasteiger partial charge is 0.505 e. The van der Waals surface area contributed by atoms with E-state index in [0.29, 0.717) is 45.8 Å². The average molecular weight is 592 g/mol. The van der Waals surface area contributed by atoms with Gasteiger partial charge in [-0.2, -0.15) is 0 Å². The summed E-state index contributed by atoms with van der Waals surface area (Å²) in [6, 6.07) is 12.1. The number of carboxylic acid groups (broad SMARTS) is 1. The molecule has 1 amide bonds. The molecule has 1 unspecified atom stereocenters. The van der Waals surface area contributed by atoms with Crippen molar-refractivity contribution in [2.75, 3.05) is 23.3 Å². The SMILES string of the molecule is O=C(c1cnc2ccc(-c3cc(Cl)c(O)c(Cl)c3)cc2c1Nc1ccc(N(C(=O)O)C2CCCNC2)nc1)C1CC1. The molecule has 3 heterocycles. The highest BCUT2D eigenvalue weighted by Crippen LogP contribution is 2.40. The van der Waals surface area contributed by atoms with Gasteiger partial charge in [-0.05, 0) is 79.8 Å². The molecule has 1 aliphatic heterocycles. The van der Waals surface area contributed by atoms with Gasteiger partial charge in [0, 0.05) is 24.0 Å². The third-order valence-electron chi connectivity index (χ3n) is 7.54. The van der Waals surface area contributed by atoms with Gasteiger partial charge in [0.05, 0.1) is 44.7 Å². The monoisotopic (exact) mass is 591 g/mol. The van der Waals surface area contributed by atoms with Crippen molar-refractivity contribution in [2.45, 2.75) is 31.7 Å². The number of hydrogen-bond donors (Lipinski definition) is 4. The van der Waals surface area contributed by atoms with E-state index in [1.54, 1.807) is 36.7 Å². The zero-order chi connectivity index (χ0) is 28.7. The molecule has 0 spiro atoms. The van der Waals surface area contributed by atoms with Gasteiger partial charge in [-0.25, -0.2) is 9.78 Å². The maximum atomic E-state index is 13.3. The number of piperidine rings is 1. The second kappa shape index (κ2) is 11.2. The number of nitrogens with one attached hydrogen (secondary N) is 2. The second-order valence-corrected chi connectivity index (χ2v) is 11.2. The number of ketones is 1. The molecule has 2 aliphatic rings. The summed E-state index contributed by atoms with van der Waals surface area (Å²) < 4.78 is 0. The van der Waals surface area contributed by atoms with Crippen LogP contribution >= 0.6 is 23.2 Å². The highest BCUT2D eigenvalue weighted by molar-refractivity contribution is 6.37. The van der Waals surface area contributed by atoms with E-state index in [9.17, 15) is 19.8 Å². The van der Waals surface area contributed by atoms with Gasteiger partial charge in [-0.15, -0.1) is 0 Å². The molecule has 0 radical (unpaired) electrons.